The van der Waals surface area contributed by atoms with Crippen LogP contribution in [0.25, 0.3) is 6.08 Å². The van der Waals surface area contributed by atoms with E-state index in [-0.39, 0.29) is 22.8 Å². The molecule has 0 aliphatic carbocycles. The predicted molar refractivity (Wildman–Crippen MR) is 109 cm³/mol. The smallest absolute Gasteiger partial charge is 0.280 e. The van der Waals surface area contributed by atoms with Crippen molar-refractivity contribution in [1.82, 2.24) is 0 Å². The van der Waals surface area contributed by atoms with Crippen LogP contribution in [0.15, 0.2) is 42.5 Å². The maximum atomic E-state index is 12.5. The molecule has 1 aliphatic heterocycles. The lowest BCUT2D eigenvalue weighted by atomic mass is 10.1. The molecule has 0 spiro atoms. The van der Waals surface area contributed by atoms with Gasteiger partial charge in [0.15, 0.2) is 17.3 Å². The summed E-state index contributed by atoms with van der Waals surface area (Å²) >= 11 is 0. The number of hydrogen-bond donors (Lipinski definition) is 0. The van der Waals surface area contributed by atoms with E-state index in [1.165, 1.54) is 38.5 Å². The molecule has 3 rings (SSSR count). The van der Waals surface area contributed by atoms with Gasteiger partial charge in [-0.2, -0.15) is 0 Å². The highest BCUT2D eigenvalue weighted by molar-refractivity contribution is 6.07. The summed E-state index contributed by atoms with van der Waals surface area (Å²) in [6.45, 7) is 3.01. The molecule has 29 heavy (non-hydrogen) atoms. The molecule has 1 saturated heterocycles. The van der Waals surface area contributed by atoms with Crippen LogP contribution >= 0.6 is 0 Å². The molecule has 1 aliphatic rings. The lowest BCUT2D eigenvalue weighted by Crippen LogP contribution is -2.36. The topological polar surface area (TPSA) is 91.1 Å². The van der Waals surface area contributed by atoms with Crippen molar-refractivity contribution >= 4 is 23.2 Å². The number of ketones is 1. The number of carbonyl (C=O) groups excluding carboxylic acids is 1. The molecule has 2 aromatic carbocycles. The van der Waals surface area contributed by atoms with Crippen molar-refractivity contribution in [2.75, 3.05) is 45.4 Å². The summed E-state index contributed by atoms with van der Waals surface area (Å²) in [5.74, 6) is 0.351. The van der Waals surface area contributed by atoms with Crippen molar-refractivity contribution < 1.29 is 23.9 Å². The van der Waals surface area contributed by atoms with Crippen LogP contribution < -0.4 is 14.4 Å². The summed E-state index contributed by atoms with van der Waals surface area (Å²) in [7, 11) is 2.85. The average molecular weight is 398 g/mol. The summed E-state index contributed by atoms with van der Waals surface area (Å²) in [6, 6.07) is 10.0. The molecule has 0 N–H and O–H groups in total. The number of nitrogens with zero attached hydrogens (tertiary/aromatic N) is 2. The number of rotatable bonds is 7. The largest absolute Gasteiger partial charge is 0.493 e. The first kappa shape index (κ1) is 20.3. The van der Waals surface area contributed by atoms with Crippen LogP contribution in [0.3, 0.4) is 0 Å². The Morgan fingerprint density at radius 3 is 2.31 bits per heavy atom. The van der Waals surface area contributed by atoms with E-state index in [4.69, 9.17) is 14.2 Å². The number of anilines is 1. The van der Waals surface area contributed by atoms with Gasteiger partial charge in [-0.1, -0.05) is 0 Å². The minimum absolute atomic E-state index is 0.172. The number of hydrogen-bond acceptors (Lipinski definition) is 7. The third-order valence-electron chi connectivity index (χ3n) is 4.67. The van der Waals surface area contributed by atoms with E-state index < -0.39 is 4.92 Å². The summed E-state index contributed by atoms with van der Waals surface area (Å²) in [5.41, 5.74) is 1.62. The van der Waals surface area contributed by atoms with E-state index in [1.54, 1.807) is 12.1 Å². The Kier molecular flexibility index (Phi) is 6.46. The molecule has 2 aromatic rings. The highest BCUT2D eigenvalue weighted by Crippen LogP contribution is 2.35. The number of nitro benzene ring substituents is 1. The van der Waals surface area contributed by atoms with Gasteiger partial charge in [-0.05, 0) is 42.5 Å². The second kappa shape index (κ2) is 9.20. The maximum absolute atomic E-state index is 12.5. The minimum atomic E-state index is -0.525. The fraction of sp³-hybridized carbons (Fsp3) is 0.286. The van der Waals surface area contributed by atoms with Crippen molar-refractivity contribution in [3.63, 3.8) is 0 Å². The molecule has 152 valence electrons. The quantitative estimate of drug-likeness (QED) is 0.306. The molecule has 1 fully saturated rings. The van der Waals surface area contributed by atoms with E-state index in [0.29, 0.717) is 24.5 Å². The minimum Gasteiger partial charge on any atom is -0.493 e. The second-order valence-corrected chi connectivity index (χ2v) is 6.37. The van der Waals surface area contributed by atoms with Crippen molar-refractivity contribution in [2.45, 2.75) is 0 Å². The van der Waals surface area contributed by atoms with Crippen LogP contribution in [-0.2, 0) is 4.74 Å². The number of morpholine rings is 1. The molecule has 0 radical (unpaired) electrons. The number of methoxy groups -OCH3 is 2. The summed E-state index contributed by atoms with van der Waals surface area (Å²) in [4.78, 5) is 25.6. The Balaban J connectivity index is 1.80. The van der Waals surface area contributed by atoms with Crippen LogP contribution in [-0.4, -0.2) is 51.2 Å². The van der Waals surface area contributed by atoms with Crippen molar-refractivity contribution in [3.8, 4) is 11.5 Å². The van der Waals surface area contributed by atoms with Crippen LogP contribution in [0.4, 0.5) is 11.4 Å². The Labute approximate surface area is 168 Å². The van der Waals surface area contributed by atoms with Crippen LogP contribution in [0.5, 0.6) is 11.5 Å². The second-order valence-electron chi connectivity index (χ2n) is 6.37. The first-order valence-electron chi connectivity index (χ1n) is 9.09. The van der Waals surface area contributed by atoms with Crippen LogP contribution in [0.2, 0.25) is 0 Å². The predicted octanol–water partition coefficient (Wildman–Crippen LogP) is 3.34. The first-order chi connectivity index (χ1) is 14.0. The van der Waals surface area contributed by atoms with Gasteiger partial charge >= 0.3 is 0 Å². The molecule has 0 bridgehead atoms. The molecule has 1 heterocycles. The first-order valence-corrected chi connectivity index (χ1v) is 9.09. The normalized spacial score (nSPS) is 14.1. The van der Waals surface area contributed by atoms with Gasteiger partial charge in [-0.3, -0.25) is 14.9 Å². The number of nitro groups is 1. The summed E-state index contributed by atoms with van der Waals surface area (Å²) < 4.78 is 15.6. The van der Waals surface area contributed by atoms with Gasteiger partial charge in [0.25, 0.3) is 5.69 Å². The molecule has 0 unspecified atom stereocenters. The average Bonchev–Trinajstić information content (AvgIpc) is 2.77. The fourth-order valence-electron chi connectivity index (χ4n) is 3.10. The van der Waals surface area contributed by atoms with Crippen LogP contribution in [0.1, 0.15) is 15.9 Å². The molecular weight excluding hydrogens is 376 g/mol. The highest BCUT2D eigenvalue weighted by atomic mass is 16.6. The number of benzene rings is 2. The zero-order chi connectivity index (χ0) is 20.8. The molecule has 0 aromatic heterocycles. The van der Waals surface area contributed by atoms with E-state index in [1.807, 2.05) is 12.1 Å². The SMILES string of the molecule is COc1cc(C=CC(=O)c2ccc(N3CCOCC3)cc2)c([N+](=O)[O-])cc1OC. The van der Waals surface area contributed by atoms with Gasteiger partial charge in [0.1, 0.15) is 0 Å². The molecular formula is C21H22N2O6. The van der Waals surface area contributed by atoms with Crippen molar-refractivity contribution in [1.29, 1.82) is 0 Å². The number of carbonyl (C=O) groups is 1. The van der Waals surface area contributed by atoms with E-state index in [9.17, 15) is 14.9 Å². The van der Waals surface area contributed by atoms with E-state index in [2.05, 4.69) is 4.90 Å². The maximum Gasteiger partial charge on any atom is 0.280 e. The Morgan fingerprint density at radius 1 is 1.10 bits per heavy atom. The molecule has 8 nitrogen and oxygen atoms in total. The monoisotopic (exact) mass is 398 g/mol. The van der Waals surface area contributed by atoms with E-state index in [0.717, 1.165) is 18.8 Å². The van der Waals surface area contributed by atoms with Gasteiger partial charge in [0, 0.05) is 24.3 Å². The molecule has 0 amide bonds. The number of allylic oxidation sites excluding steroid dienone is 1. The molecule has 8 heteroatoms. The van der Waals surface area contributed by atoms with Crippen molar-refractivity contribution in [2.24, 2.45) is 0 Å². The lowest BCUT2D eigenvalue weighted by Gasteiger charge is -2.28. The summed E-state index contributed by atoms with van der Waals surface area (Å²) in [5, 5.41) is 11.4. The fourth-order valence-corrected chi connectivity index (χ4v) is 3.10. The van der Waals surface area contributed by atoms with E-state index >= 15 is 0 Å². The van der Waals surface area contributed by atoms with Gasteiger partial charge in [0.2, 0.25) is 0 Å². The zero-order valence-corrected chi connectivity index (χ0v) is 16.3. The zero-order valence-electron chi connectivity index (χ0n) is 16.3. The van der Waals surface area contributed by atoms with Crippen molar-refractivity contribution in [3.05, 3.63) is 63.7 Å². The standard InChI is InChI=1S/C21H22N2O6/c1-27-20-13-16(18(23(25)26)14-21(20)28-2)5-8-19(24)15-3-6-17(7-4-15)22-9-11-29-12-10-22/h3-8,13-14H,9-12H2,1-2H3. The highest BCUT2D eigenvalue weighted by Gasteiger charge is 2.18. The third kappa shape index (κ3) is 4.72. The van der Waals surface area contributed by atoms with Crippen LogP contribution in [0, 0.1) is 10.1 Å². The Morgan fingerprint density at radius 2 is 1.72 bits per heavy atom. The number of ether oxygens (including phenoxy) is 3. The van der Waals surface area contributed by atoms with Gasteiger partial charge < -0.3 is 19.1 Å². The lowest BCUT2D eigenvalue weighted by molar-refractivity contribution is -0.385. The van der Waals surface area contributed by atoms with Gasteiger partial charge in [-0.15, -0.1) is 0 Å². The molecule has 0 saturated carbocycles. The van der Waals surface area contributed by atoms with Gasteiger partial charge in [0.05, 0.1) is 44.0 Å². The molecule has 0 atom stereocenters. The third-order valence-corrected chi connectivity index (χ3v) is 4.67. The van der Waals surface area contributed by atoms with Gasteiger partial charge in [-0.25, -0.2) is 0 Å². The summed E-state index contributed by atoms with van der Waals surface area (Å²) in [6.07, 6.45) is 2.73. The Bertz CT molecular complexity index is 918. The Hall–Kier alpha value is -3.39.